The van der Waals surface area contributed by atoms with Crippen molar-refractivity contribution in [1.29, 1.82) is 0 Å². The molecule has 0 saturated heterocycles. The van der Waals surface area contributed by atoms with Gasteiger partial charge in [-0.15, -0.1) is 0 Å². The largest absolute Gasteiger partial charge is 0.320 e. The summed E-state index contributed by atoms with van der Waals surface area (Å²) in [4.78, 5) is 13.2. The van der Waals surface area contributed by atoms with Gasteiger partial charge in [0, 0.05) is 51.2 Å². The third-order valence-electron chi connectivity index (χ3n) is 6.05. The van der Waals surface area contributed by atoms with Gasteiger partial charge in [0.25, 0.3) is 5.91 Å². The van der Waals surface area contributed by atoms with Gasteiger partial charge in [0.05, 0.1) is 19.6 Å². The molecule has 1 fully saturated rings. The molecule has 125 valence electrons. The number of para-hydroxylation sites is 1. The second-order valence-corrected chi connectivity index (χ2v) is 6.70. The number of hydrogen-bond acceptors (Lipinski definition) is 1. The maximum atomic E-state index is 13.2. The number of nitrogens with one attached hydrogen (secondary N) is 1. The zero-order valence-corrected chi connectivity index (χ0v) is 18.2. The molecule has 0 aromatic heterocycles. The van der Waals surface area contributed by atoms with Crippen LogP contribution in [0, 0.1) is 13.8 Å². The number of likely N-dealkylation sites (N-methyl/N-ethyl adjacent to an activating group) is 1. The predicted molar refractivity (Wildman–Crippen MR) is 93.0 cm³/mol. The molecule has 0 bridgehead atoms. The Morgan fingerprint density at radius 3 is 1.91 bits per heavy atom. The normalized spacial score (nSPS) is 16.2. The monoisotopic (exact) mass is 392 g/mol. The second-order valence-electron chi connectivity index (χ2n) is 6.70. The number of anilines is 1. The summed E-state index contributed by atoms with van der Waals surface area (Å²) >= 11 is 0. The molecular formula is C19H31N2OY+. The van der Waals surface area contributed by atoms with Gasteiger partial charge in [0.2, 0.25) is 0 Å². The fourth-order valence-electron chi connectivity index (χ4n) is 4.25. The maximum Gasteiger partial charge on any atom is 0.285 e. The van der Waals surface area contributed by atoms with Gasteiger partial charge in [0.15, 0.2) is 5.54 Å². The topological polar surface area (TPSA) is 29.1 Å². The molecule has 1 aliphatic rings. The van der Waals surface area contributed by atoms with Gasteiger partial charge in [-0.2, -0.15) is 0 Å². The van der Waals surface area contributed by atoms with Gasteiger partial charge in [-0.25, -0.2) is 0 Å². The van der Waals surface area contributed by atoms with Crippen molar-refractivity contribution in [3.63, 3.8) is 0 Å². The number of benzene rings is 1. The van der Waals surface area contributed by atoms with Crippen LogP contribution in [-0.2, 0) is 37.5 Å². The van der Waals surface area contributed by atoms with Crippen LogP contribution in [0.25, 0.3) is 0 Å². The molecule has 3 nitrogen and oxygen atoms in total. The maximum absolute atomic E-state index is 13.2. The summed E-state index contributed by atoms with van der Waals surface area (Å²) in [6.45, 7) is 13.9. The Morgan fingerprint density at radius 2 is 1.57 bits per heavy atom. The SMILES string of the molecule is CC[N+](CC)(CC)C1(C(=O)Nc2c(C)cccc2C)CCC1.[Y]. The van der Waals surface area contributed by atoms with Crippen molar-refractivity contribution >= 4 is 11.6 Å². The zero-order valence-electron chi connectivity index (χ0n) is 15.4. The summed E-state index contributed by atoms with van der Waals surface area (Å²) in [6.07, 6.45) is 3.19. The fraction of sp³-hybridized carbons (Fsp3) is 0.632. The minimum atomic E-state index is -0.229. The number of rotatable bonds is 6. The molecule has 1 N–H and O–H groups in total. The van der Waals surface area contributed by atoms with Crippen LogP contribution in [0.15, 0.2) is 18.2 Å². The predicted octanol–water partition coefficient (Wildman–Crippen LogP) is 4.04. The fourth-order valence-corrected chi connectivity index (χ4v) is 4.25. The van der Waals surface area contributed by atoms with Crippen molar-refractivity contribution < 1.29 is 42.0 Å². The van der Waals surface area contributed by atoms with Crippen molar-refractivity contribution in [2.45, 2.75) is 59.4 Å². The van der Waals surface area contributed by atoms with Gasteiger partial charge in [-0.05, 0) is 52.2 Å². The number of amides is 1. The first-order valence-electron chi connectivity index (χ1n) is 8.70. The van der Waals surface area contributed by atoms with E-state index in [0.29, 0.717) is 0 Å². The standard InChI is InChI=1S/C19H30N2O.Y/c1-6-21(7-2,8-3)19(13-10-14-19)18(22)20-17-15(4)11-9-12-16(17)5;/h9,11-12H,6-8,10,13-14H2,1-5H3;/p+1. The summed E-state index contributed by atoms with van der Waals surface area (Å²) in [5.74, 6) is 0.224. The molecule has 2 rings (SSSR count). The first-order chi connectivity index (χ1) is 10.5. The van der Waals surface area contributed by atoms with E-state index < -0.39 is 0 Å². The molecule has 0 unspecified atom stereocenters. The number of carbonyl (C=O) groups excluding carboxylic acids is 1. The Bertz CT molecular complexity index is 520. The van der Waals surface area contributed by atoms with E-state index in [4.69, 9.17) is 0 Å². The Kier molecular flexibility index (Phi) is 7.44. The van der Waals surface area contributed by atoms with Crippen molar-refractivity contribution in [2.24, 2.45) is 0 Å². The van der Waals surface area contributed by atoms with Crippen LogP contribution in [0.2, 0.25) is 0 Å². The molecule has 0 heterocycles. The van der Waals surface area contributed by atoms with Crippen LogP contribution in [-0.4, -0.2) is 35.6 Å². The number of hydrogen-bond donors (Lipinski definition) is 1. The van der Waals surface area contributed by atoms with Crippen LogP contribution in [0.3, 0.4) is 0 Å². The number of carbonyl (C=O) groups is 1. The van der Waals surface area contributed by atoms with E-state index >= 15 is 0 Å². The average Bonchev–Trinajstić information content (AvgIpc) is 2.46. The molecule has 23 heavy (non-hydrogen) atoms. The Morgan fingerprint density at radius 1 is 1.09 bits per heavy atom. The van der Waals surface area contributed by atoms with Crippen LogP contribution >= 0.6 is 0 Å². The minimum Gasteiger partial charge on any atom is -0.320 e. The van der Waals surface area contributed by atoms with E-state index in [1.165, 1.54) is 6.42 Å². The van der Waals surface area contributed by atoms with Crippen LogP contribution in [0.1, 0.15) is 51.2 Å². The summed E-state index contributed by atoms with van der Waals surface area (Å²) in [5, 5.41) is 3.27. The van der Waals surface area contributed by atoms with Gasteiger partial charge in [-0.3, -0.25) is 4.79 Å². The molecule has 0 aliphatic heterocycles. The van der Waals surface area contributed by atoms with Crippen LogP contribution in [0.5, 0.6) is 0 Å². The summed E-state index contributed by atoms with van der Waals surface area (Å²) in [5.41, 5.74) is 3.06. The Balaban J connectivity index is 0.00000264. The van der Waals surface area contributed by atoms with E-state index in [1.54, 1.807) is 0 Å². The molecule has 1 amide bonds. The van der Waals surface area contributed by atoms with Gasteiger partial charge < -0.3 is 9.80 Å². The Hall–Kier alpha value is -0.246. The Labute approximate surface area is 166 Å². The molecular weight excluding hydrogens is 361 g/mol. The molecule has 1 aromatic carbocycles. The van der Waals surface area contributed by atoms with E-state index in [1.807, 2.05) is 6.07 Å². The minimum absolute atomic E-state index is 0. The molecule has 1 radical (unpaired) electrons. The smallest absolute Gasteiger partial charge is 0.285 e. The molecule has 4 heteroatoms. The number of aryl methyl sites for hydroxylation is 2. The van der Waals surface area contributed by atoms with Crippen LogP contribution in [0.4, 0.5) is 5.69 Å². The van der Waals surface area contributed by atoms with E-state index in [-0.39, 0.29) is 44.2 Å². The van der Waals surface area contributed by atoms with Gasteiger partial charge in [0.1, 0.15) is 0 Å². The number of quaternary nitrogens is 1. The summed E-state index contributed by atoms with van der Waals surface area (Å²) in [6, 6.07) is 6.18. The molecule has 1 aliphatic carbocycles. The van der Waals surface area contributed by atoms with E-state index in [2.05, 4.69) is 52.1 Å². The molecule has 1 aromatic rings. The van der Waals surface area contributed by atoms with Crippen LogP contribution < -0.4 is 5.32 Å². The quantitative estimate of drug-likeness (QED) is 0.728. The summed E-state index contributed by atoms with van der Waals surface area (Å²) < 4.78 is 0.907. The van der Waals surface area contributed by atoms with Crippen molar-refractivity contribution in [1.82, 2.24) is 0 Å². The van der Waals surface area contributed by atoms with E-state index in [9.17, 15) is 4.79 Å². The molecule has 1 saturated carbocycles. The molecule has 0 atom stereocenters. The third-order valence-corrected chi connectivity index (χ3v) is 6.05. The van der Waals surface area contributed by atoms with E-state index in [0.717, 1.165) is 53.8 Å². The van der Waals surface area contributed by atoms with Gasteiger partial charge >= 0.3 is 0 Å². The van der Waals surface area contributed by atoms with Crippen molar-refractivity contribution in [2.75, 3.05) is 25.0 Å². The van der Waals surface area contributed by atoms with Gasteiger partial charge in [-0.1, -0.05) is 18.2 Å². The first-order valence-corrected chi connectivity index (χ1v) is 8.70. The second kappa shape index (κ2) is 8.22. The number of nitrogens with zero attached hydrogens (tertiary/aromatic N) is 1. The average molecular weight is 392 g/mol. The first kappa shape index (κ1) is 20.8. The summed E-state index contributed by atoms with van der Waals surface area (Å²) in [7, 11) is 0. The van der Waals surface area contributed by atoms with Crippen molar-refractivity contribution in [3.8, 4) is 0 Å². The molecule has 0 spiro atoms. The zero-order chi connectivity index (χ0) is 16.4. The third kappa shape index (κ3) is 3.43. The van der Waals surface area contributed by atoms with Crippen molar-refractivity contribution in [3.05, 3.63) is 29.3 Å².